The van der Waals surface area contributed by atoms with E-state index in [1.54, 1.807) is 12.0 Å². The summed E-state index contributed by atoms with van der Waals surface area (Å²) in [5.74, 6) is 0.157. The minimum Gasteiger partial charge on any atom is -0.385 e. The molecule has 0 aliphatic carbocycles. The fraction of sp³-hybridized carbons (Fsp3) is 0.462. The lowest BCUT2D eigenvalue weighted by Gasteiger charge is -2.17. The summed E-state index contributed by atoms with van der Waals surface area (Å²) in [6, 6.07) is 8.00. The van der Waals surface area contributed by atoms with Gasteiger partial charge in [0.25, 0.3) is 0 Å². The van der Waals surface area contributed by atoms with Gasteiger partial charge in [-0.1, -0.05) is 28.1 Å². The summed E-state index contributed by atoms with van der Waals surface area (Å²) in [4.78, 5) is 13.5. The smallest absolute Gasteiger partial charge is 0.222 e. The van der Waals surface area contributed by atoms with Crippen LogP contribution in [0.5, 0.6) is 0 Å². The average Bonchev–Trinajstić information content (AvgIpc) is 2.32. The van der Waals surface area contributed by atoms with Crippen molar-refractivity contribution >= 4 is 21.8 Å². The van der Waals surface area contributed by atoms with Gasteiger partial charge in [-0.05, 0) is 24.1 Å². The molecule has 0 unspecified atom stereocenters. The SMILES string of the molecule is COCCCC(=O)N(C)Cc1ccc(Br)cc1. The third kappa shape index (κ3) is 5.33. The highest BCUT2D eigenvalue weighted by Gasteiger charge is 2.08. The van der Waals surface area contributed by atoms with Crippen molar-refractivity contribution in [2.75, 3.05) is 20.8 Å². The number of amides is 1. The zero-order valence-electron chi connectivity index (χ0n) is 10.3. The van der Waals surface area contributed by atoms with Gasteiger partial charge in [0.1, 0.15) is 0 Å². The Morgan fingerprint density at radius 2 is 2.00 bits per heavy atom. The number of rotatable bonds is 6. The summed E-state index contributed by atoms with van der Waals surface area (Å²) in [7, 11) is 3.48. The van der Waals surface area contributed by atoms with Crippen LogP contribution < -0.4 is 0 Å². The molecule has 0 spiro atoms. The Morgan fingerprint density at radius 1 is 1.35 bits per heavy atom. The monoisotopic (exact) mass is 299 g/mol. The topological polar surface area (TPSA) is 29.5 Å². The lowest BCUT2D eigenvalue weighted by atomic mass is 10.2. The maximum Gasteiger partial charge on any atom is 0.222 e. The summed E-state index contributed by atoms with van der Waals surface area (Å²) in [6.45, 7) is 1.29. The van der Waals surface area contributed by atoms with Crippen molar-refractivity contribution in [3.8, 4) is 0 Å². The molecule has 1 rings (SSSR count). The molecule has 0 atom stereocenters. The van der Waals surface area contributed by atoms with Crippen molar-refractivity contribution < 1.29 is 9.53 Å². The molecule has 0 aliphatic heterocycles. The van der Waals surface area contributed by atoms with Crippen molar-refractivity contribution in [3.63, 3.8) is 0 Å². The lowest BCUT2D eigenvalue weighted by Crippen LogP contribution is -2.26. The quantitative estimate of drug-likeness (QED) is 0.756. The van der Waals surface area contributed by atoms with E-state index >= 15 is 0 Å². The normalized spacial score (nSPS) is 10.3. The van der Waals surface area contributed by atoms with Crippen molar-refractivity contribution in [1.82, 2.24) is 4.90 Å². The second-order valence-electron chi connectivity index (χ2n) is 3.97. The van der Waals surface area contributed by atoms with E-state index in [4.69, 9.17) is 4.74 Å². The molecule has 0 N–H and O–H groups in total. The van der Waals surface area contributed by atoms with Gasteiger partial charge in [-0.2, -0.15) is 0 Å². The Bertz CT molecular complexity index is 351. The summed E-state index contributed by atoms with van der Waals surface area (Å²) < 4.78 is 5.98. The van der Waals surface area contributed by atoms with Gasteiger partial charge in [0.15, 0.2) is 0 Å². The van der Waals surface area contributed by atoms with E-state index in [9.17, 15) is 4.79 Å². The number of hydrogen-bond donors (Lipinski definition) is 0. The van der Waals surface area contributed by atoms with E-state index in [1.807, 2.05) is 31.3 Å². The van der Waals surface area contributed by atoms with Crippen LogP contribution in [0.1, 0.15) is 18.4 Å². The first-order valence-electron chi connectivity index (χ1n) is 5.61. The molecule has 0 aromatic heterocycles. The van der Waals surface area contributed by atoms with Crippen LogP contribution in [-0.2, 0) is 16.1 Å². The third-order valence-electron chi connectivity index (χ3n) is 2.50. The van der Waals surface area contributed by atoms with E-state index in [0.717, 1.165) is 16.5 Å². The highest BCUT2D eigenvalue weighted by Crippen LogP contribution is 2.12. The van der Waals surface area contributed by atoms with E-state index < -0.39 is 0 Å². The van der Waals surface area contributed by atoms with Crippen LogP contribution in [0.4, 0.5) is 0 Å². The second kappa shape index (κ2) is 7.45. The average molecular weight is 300 g/mol. The molecule has 1 aromatic carbocycles. The number of carbonyl (C=O) groups is 1. The van der Waals surface area contributed by atoms with Crippen LogP contribution in [0.25, 0.3) is 0 Å². The van der Waals surface area contributed by atoms with E-state index in [1.165, 1.54) is 0 Å². The first kappa shape index (κ1) is 14.2. The molecule has 0 radical (unpaired) electrons. The number of halogens is 1. The van der Waals surface area contributed by atoms with E-state index in [0.29, 0.717) is 19.6 Å². The molecular weight excluding hydrogens is 282 g/mol. The minimum absolute atomic E-state index is 0.157. The number of methoxy groups -OCH3 is 1. The first-order chi connectivity index (χ1) is 8.13. The van der Waals surface area contributed by atoms with Crippen molar-refractivity contribution in [2.24, 2.45) is 0 Å². The highest BCUT2D eigenvalue weighted by molar-refractivity contribution is 9.10. The van der Waals surface area contributed by atoms with Crippen LogP contribution in [0.15, 0.2) is 28.7 Å². The molecule has 0 bridgehead atoms. The molecule has 0 saturated carbocycles. The Balaban J connectivity index is 2.40. The molecule has 3 nitrogen and oxygen atoms in total. The van der Waals surface area contributed by atoms with Gasteiger partial charge in [0, 0.05) is 38.2 Å². The standard InChI is InChI=1S/C13H18BrNO2/c1-15(13(16)4-3-9-17-2)10-11-5-7-12(14)8-6-11/h5-8H,3-4,9-10H2,1-2H3. The van der Waals surface area contributed by atoms with Crippen molar-refractivity contribution in [3.05, 3.63) is 34.3 Å². The van der Waals surface area contributed by atoms with Gasteiger partial charge in [0.2, 0.25) is 5.91 Å². The molecule has 0 saturated heterocycles. The number of ether oxygens (including phenoxy) is 1. The summed E-state index contributed by atoms with van der Waals surface area (Å²) in [5.41, 5.74) is 1.13. The molecule has 0 heterocycles. The second-order valence-corrected chi connectivity index (χ2v) is 4.89. The Morgan fingerprint density at radius 3 is 2.59 bits per heavy atom. The van der Waals surface area contributed by atoms with Gasteiger partial charge in [0.05, 0.1) is 0 Å². The van der Waals surface area contributed by atoms with Crippen LogP contribution in [0, 0.1) is 0 Å². The largest absolute Gasteiger partial charge is 0.385 e. The van der Waals surface area contributed by atoms with Gasteiger partial charge in [-0.25, -0.2) is 0 Å². The molecule has 17 heavy (non-hydrogen) atoms. The Kier molecular flexibility index (Phi) is 6.22. The zero-order chi connectivity index (χ0) is 12.7. The summed E-state index contributed by atoms with van der Waals surface area (Å²) in [5, 5.41) is 0. The van der Waals surface area contributed by atoms with Crippen LogP contribution in [-0.4, -0.2) is 31.6 Å². The molecule has 0 aliphatic rings. The summed E-state index contributed by atoms with van der Waals surface area (Å²) >= 11 is 3.39. The van der Waals surface area contributed by atoms with Gasteiger partial charge < -0.3 is 9.64 Å². The summed E-state index contributed by atoms with van der Waals surface area (Å²) in [6.07, 6.45) is 1.32. The molecule has 94 valence electrons. The van der Waals surface area contributed by atoms with Gasteiger partial charge in [-0.3, -0.25) is 4.79 Å². The molecule has 4 heteroatoms. The number of benzene rings is 1. The molecule has 1 amide bonds. The van der Waals surface area contributed by atoms with Gasteiger partial charge >= 0.3 is 0 Å². The predicted octanol–water partition coefficient (Wildman–Crippen LogP) is 2.83. The molecule has 1 aromatic rings. The van der Waals surface area contributed by atoms with Crippen LogP contribution >= 0.6 is 15.9 Å². The van der Waals surface area contributed by atoms with Crippen LogP contribution in [0.3, 0.4) is 0 Å². The minimum atomic E-state index is 0.157. The van der Waals surface area contributed by atoms with E-state index in [-0.39, 0.29) is 5.91 Å². The zero-order valence-corrected chi connectivity index (χ0v) is 11.9. The van der Waals surface area contributed by atoms with Gasteiger partial charge in [-0.15, -0.1) is 0 Å². The van der Waals surface area contributed by atoms with Crippen molar-refractivity contribution in [2.45, 2.75) is 19.4 Å². The van der Waals surface area contributed by atoms with E-state index in [2.05, 4.69) is 15.9 Å². The highest BCUT2D eigenvalue weighted by atomic mass is 79.9. The number of hydrogen-bond acceptors (Lipinski definition) is 2. The van der Waals surface area contributed by atoms with Crippen molar-refractivity contribution in [1.29, 1.82) is 0 Å². The first-order valence-corrected chi connectivity index (χ1v) is 6.40. The number of nitrogens with zero attached hydrogens (tertiary/aromatic N) is 1. The maximum absolute atomic E-state index is 11.8. The fourth-order valence-electron chi connectivity index (χ4n) is 1.51. The predicted molar refractivity (Wildman–Crippen MR) is 71.7 cm³/mol. The molecule has 0 fully saturated rings. The lowest BCUT2D eigenvalue weighted by molar-refractivity contribution is -0.130. The Hall–Kier alpha value is -0.870. The maximum atomic E-state index is 11.8. The molecular formula is C13H18BrNO2. The number of carbonyl (C=O) groups excluding carboxylic acids is 1. The third-order valence-corrected chi connectivity index (χ3v) is 3.03. The fourth-order valence-corrected chi connectivity index (χ4v) is 1.77. The van der Waals surface area contributed by atoms with Crippen LogP contribution in [0.2, 0.25) is 0 Å². The Labute approximate surface area is 111 Å².